The Hall–Kier alpha value is -1.55. The molecule has 0 aliphatic carbocycles. The van der Waals surface area contributed by atoms with Crippen molar-refractivity contribution in [3.8, 4) is 11.5 Å². The number of rotatable bonds is 4. The second-order valence-electron chi connectivity index (χ2n) is 3.56. The highest BCUT2D eigenvalue weighted by atomic mass is 16.7. The van der Waals surface area contributed by atoms with Crippen molar-refractivity contribution in [2.75, 3.05) is 13.8 Å². The molecule has 0 saturated heterocycles. The minimum atomic E-state index is -1.21. The molecule has 1 aliphatic heterocycles. The number of nitrogens with one attached hydrogen (secondary N) is 1. The maximum absolute atomic E-state index is 12.2. The molecule has 0 spiro atoms. The van der Waals surface area contributed by atoms with E-state index in [0.717, 1.165) is 0 Å². The largest absolute Gasteiger partial charge is 0.454 e. The van der Waals surface area contributed by atoms with Gasteiger partial charge in [0.05, 0.1) is 6.04 Å². The zero-order valence-electron chi connectivity index (χ0n) is 11.0. The summed E-state index contributed by atoms with van der Waals surface area (Å²) in [7, 11) is 0. The van der Waals surface area contributed by atoms with Crippen LogP contribution >= 0.6 is 0 Å². The van der Waals surface area contributed by atoms with Gasteiger partial charge in [0.15, 0.2) is 17.3 Å². The van der Waals surface area contributed by atoms with Crippen LogP contribution in [0.3, 0.4) is 0 Å². The highest BCUT2D eigenvalue weighted by molar-refractivity contribution is 6.00. The lowest BCUT2D eigenvalue weighted by molar-refractivity contribution is 0.0944. The van der Waals surface area contributed by atoms with Gasteiger partial charge in [-0.3, -0.25) is 4.79 Å². The van der Waals surface area contributed by atoms with E-state index in [0.29, 0.717) is 23.5 Å². The third-order valence-corrected chi connectivity index (χ3v) is 2.58. The molecule has 1 aliphatic rings. The molecule has 1 atom stereocenters. The van der Waals surface area contributed by atoms with E-state index in [1.165, 1.54) is 0 Å². The predicted molar refractivity (Wildman–Crippen MR) is 60.0 cm³/mol. The van der Waals surface area contributed by atoms with Gasteiger partial charge in [-0.15, -0.1) is 0 Å². The van der Waals surface area contributed by atoms with E-state index < -0.39 is 13.0 Å². The summed E-state index contributed by atoms with van der Waals surface area (Å²) < 4.78 is 24.7. The minimum absolute atomic E-state index is 0.139. The van der Waals surface area contributed by atoms with Crippen LogP contribution in [-0.4, -0.2) is 25.6 Å². The first kappa shape index (κ1) is 8.58. The van der Waals surface area contributed by atoms with E-state index in [1.54, 1.807) is 18.2 Å². The molecular weight excluding hydrogens is 206 g/mol. The Labute approximate surface area is 97.4 Å². The standard InChI is InChI=1S/C12H15NO3/c1-3-9(13-2)12(14)8-4-5-10-11(6-8)16-7-15-10/h4-6,9,13H,3,7H2,1-2H3/i2D2. The zero-order valence-corrected chi connectivity index (χ0v) is 9.03. The molecule has 86 valence electrons. The third-order valence-electron chi connectivity index (χ3n) is 2.58. The van der Waals surface area contributed by atoms with Gasteiger partial charge in [0, 0.05) is 8.30 Å². The molecule has 0 bridgehead atoms. The second kappa shape index (κ2) is 4.53. The van der Waals surface area contributed by atoms with Gasteiger partial charge in [0.2, 0.25) is 6.79 Å². The van der Waals surface area contributed by atoms with Crippen LogP contribution in [0.4, 0.5) is 0 Å². The third kappa shape index (κ3) is 1.88. The molecule has 4 heteroatoms. The quantitative estimate of drug-likeness (QED) is 0.787. The number of benzene rings is 1. The summed E-state index contributed by atoms with van der Waals surface area (Å²) in [5, 5.41) is 2.61. The Morgan fingerprint density at radius 3 is 3.12 bits per heavy atom. The normalized spacial score (nSPS) is 16.9. The number of carbonyl (C=O) groups excluding carboxylic acids is 1. The first-order chi connectivity index (χ1) is 8.61. The minimum Gasteiger partial charge on any atom is -0.454 e. The topological polar surface area (TPSA) is 47.6 Å². The van der Waals surface area contributed by atoms with Crippen molar-refractivity contribution in [3.63, 3.8) is 0 Å². The molecule has 0 saturated carbocycles. The fourth-order valence-electron chi connectivity index (χ4n) is 1.63. The van der Waals surface area contributed by atoms with E-state index in [2.05, 4.69) is 5.32 Å². The van der Waals surface area contributed by atoms with E-state index in [9.17, 15) is 4.79 Å². The van der Waals surface area contributed by atoms with Gasteiger partial charge in [-0.25, -0.2) is 0 Å². The van der Waals surface area contributed by atoms with Gasteiger partial charge < -0.3 is 14.8 Å². The van der Waals surface area contributed by atoms with Crippen molar-refractivity contribution < 1.29 is 17.0 Å². The number of carbonyl (C=O) groups is 1. The number of Topliss-reactive ketones (excluding diaryl/α,β-unsaturated/α-hetero) is 1. The van der Waals surface area contributed by atoms with Crippen molar-refractivity contribution >= 4 is 5.78 Å². The average molecular weight is 223 g/mol. The van der Waals surface area contributed by atoms with Crippen LogP contribution in [0.1, 0.15) is 26.4 Å². The second-order valence-corrected chi connectivity index (χ2v) is 3.56. The molecule has 1 heterocycles. The number of hydrogen-bond donors (Lipinski definition) is 1. The van der Waals surface area contributed by atoms with Gasteiger partial charge in [-0.1, -0.05) is 6.92 Å². The Balaban J connectivity index is 2.17. The molecule has 0 amide bonds. The number of ether oxygens (including phenoxy) is 2. The van der Waals surface area contributed by atoms with Crippen LogP contribution in [0.5, 0.6) is 11.5 Å². The number of hydrogen-bond acceptors (Lipinski definition) is 4. The SMILES string of the molecule is [2H]C([2H])NC(CC)C(=O)c1ccc2c(c1)OCO2. The highest BCUT2D eigenvalue weighted by Gasteiger charge is 2.20. The van der Waals surface area contributed by atoms with E-state index in [4.69, 9.17) is 12.2 Å². The van der Waals surface area contributed by atoms with Gasteiger partial charge in [0.1, 0.15) is 0 Å². The van der Waals surface area contributed by atoms with E-state index in [-0.39, 0.29) is 12.6 Å². The molecule has 1 aromatic rings. The lowest BCUT2D eigenvalue weighted by Gasteiger charge is -2.12. The number of ketones is 1. The summed E-state index contributed by atoms with van der Waals surface area (Å²) >= 11 is 0. The first-order valence-corrected chi connectivity index (χ1v) is 5.16. The van der Waals surface area contributed by atoms with Crippen LogP contribution in [0, 0.1) is 0 Å². The van der Waals surface area contributed by atoms with Crippen LogP contribution < -0.4 is 14.8 Å². The van der Waals surface area contributed by atoms with Crippen LogP contribution in [0.2, 0.25) is 0 Å². The Morgan fingerprint density at radius 1 is 1.56 bits per heavy atom. The monoisotopic (exact) mass is 223 g/mol. The van der Waals surface area contributed by atoms with Crippen molar-refractivity contribution in [3.05, 3.63) is 23.8 Å². The molecule has 2 rings (SSSR count). The lowest BCUT2D eigenvalue weighted by Crippen LogP contribution is -2.33. The Morgan fingerprint density at radius 2 is 2.38 bits per heavy atom. The molecule has 1 aromatic carbocycles. The smallest absolute Gasteiger partial charge is 0.231 e. The summed E-state index contributed by atoms with van der Waals surface area (Å²) in [6.45, 7) is 0.794. The molecule has 4 nitrogen and oxygen atoms in total. The molecule has 16 heavy (non-hydrogen) atoms. The van der Waals surface area contributed by atoms with Gasteiger partial charge in [0.25, 0.3) is 0 Å². The van der Waals surface area contributed by atoms with Gasteiger partial charge in [-0.2, -0.15) is 0 Å². The molecule has 0 aromatic heterocycles. The van der Waals surface area contributed by atoms with Crippen molar-refractivity contribution in [1.82, 2.24) is 5.32 Å². The molecule has 1 N–H and O–H groups in total. The highest BCUT2D eigenvalue weighted by Crippen LogP contribution is 2.32. The van der Waals surface area contributed by atoms with E-state index in [1.807, 2.05) is 6.92 Å². The van der Waals surface area contributed by atoms with Crippen molar-refractivity contribution in [2.45, 2.75) is 19.4 Å². The molecule has 1 unspecified atom stereocenters. The number of fused-ring (bicyclic) bond motifs is 1. The summed E-state index contributed by atoms with van der Waals surface area (Å²) in [5.41, 5.74) is 0.499. The van der Waals surface area contributed by atoms with E-state index >= 15 is 0 Å². The van der Waals surface area contributed by atoms with Gasteiger partial charge >= 0.3 is 0 Å². The molecule has 0 fully saturated rings. The maximum atomic E-state index is 12.2. The lowest BCUT2D eigenvalue weighted by atomic mass is 10.0. The van der Waals surface area contributed by atoms with Crippen molar-refractivity contribution in [2.24, 2.45) is 0 Å². The van der Waals surface area contributed by atoms with Crippen LogP contribution in [0.25, 0.3) is 0 Å². The molecular formula is C12H15NO3. The zero-order chi connectivity index (χ0) is 13.1. The maximum Gasteiger partial charge on any atom is 0.231 e. The summed E-state index contributed by atoms with van der Waals surface area (Å²) in [6, 6.07) is 4.48. The van der Waals surface area contributed by atoms with Crippen LogP contribution in [0.15, 0.2) is 18.2 Å². The van der Waals surface area contributed by atoms with Crippen LogP contribution in [-0.2, 0) is 0 Å². The fourth-order valence-corrected chi connectivity index (χ4v) is 1.63. The van der Waals surface area contributed by atoms with Gasteiger partial charge in [-0.05, 0) is 31.6 Å². The Bertz CT molecular complexity index is 451. The number of likely N-dealkylation sites (N-methyl/N-ethyl adjacent to an activating group) is 1. The predicted octanol–water partition coefficient (Wildman–Crippen LogP) is 1.60. The average Bonchev–Trinajstić information content (AvgIpc) is 2.81. The summed E-state index contributed by atoms with van der Waals surface area (Å²) in [6.07, 6.45) is 0.529. The summed E-state index contributed by atoms with van der Waals surface area (Å²) in [5.74, 6) is 1.05. The fraction of sp³-hybridized carbons (Fsp3) is 0.417. The van der Waals surface area contributed by atoms with Crippen molar-refractivity contribution in [1.29, 1.82) is 0 Å². The first-order valence-electron chi connectivity index (χ1n) is 6.31. The summed E-state index contributed by atoms with van der Waals surface area (Å²) in [4.78, 5) is 12.2. The Kier molecular flexibility index (Phi) is 2.43. The molecule has 0 radical (unpaired) electrons.